The molecule has 1 aromatic carbocycles. The van der Waals surface area contributed by atoms with Gasteiger partial charge in [0.1, 0.15) is 11.9 Å². The molecular weight excluding hydrogens is 290 g/mol. The minimum atomic E-state index is -0.256. The van der Waals surface area contributed by atoms with E-state index in [1.165, 1.54) is 0 Å². The molecule has 3 aromatic rings. The van der Waals surface area contributed by atoms with Crippen LogP contribution in [0.5, 0.6) is 5.75 Å². The molecule has 1 unspecified atom stereocenters. The van der Waals surface area contributed by atoms with Crippen LogP contribution < -0.4 is 10.5 Å². The van der Waals surface area contributed by atoms with Crippen molar-refractivity contribution in [2.45, 2.75) is 20.0 Å². The van der Waals surface area contributed by atoms with E-state index in [1.54, 1.807) is 16.6 Å². The van der Waals surface area contributed by atoms with E-state index in [0.717, 1.165) is 11.4 Å². The second-order valence-corrected chi connectivity index (χ2v) is 5.16. The van der Waals surface area contributed by atoms with Crippen LogP contribution in [-0.4, -0.2) is 19.6 Å². The van der Waals surface area contributed by atoms with Crippen molar-refractivity contribution in [2.24, 2.45) is 0 Å². The third kappa shape index (κ3) is 2.75. The lowest BCUT2D eigenvalue weighted by atomic mass is 10.2. The number of nitrogen functional groups attached to an aromatic ring is 1. The summed E-state index contributed by atoms with van der Waals surface area (Å²) in [6, 6.07) is 9.15. The van der Waals surface area contributed by atoms with Gasteiger partial charge >= 0.3 is 0 Å². The maximum atomic E-state index is 5.96. The molecular formula is C14H14ClN5O. The lowest BCUT2D eigenvalue weighted by Crippen LogP contribution is -2.11. The van der Waals surface area contributed by atoms with Gasteiger partial charge in [0.05, 0.1) is 5.69 Å². The lowest BCUT2D eigenvalue weighted by Gasteiger charge is -2.16. The monoisotopic (exact) mass is 303 g/mol. The smallest absolute Gasteiger partial charge is 0.254 e. The summed E-state index contributed by atoms with van der Waals surface area (Å²) in [7, 11) is 0. The molecule has 0 saturated carbocycles. The van der Waals surface area contributed by atoms with Crippen molar-refractivity contribution in [1.29, 1.82) is 0 Å². The van der Waals surface area contributed by atoms with E-state index < -0.39 is 0 Å². The first-order chi connectivity index (χ1) is 10.0. The van der Waals surface area contributed by atoms with E-state index >= 15 is 0 Å². The highest BCUT2D eigenvalue weighted by atomic mass is 35.5. The van der Waals surface area contributed by atoms with Crippen molar-refractivity contribution < 1.29 is 4.74 Å². The van der Waals surface area contributed by atoms with E-state index in [2.05, 4.69) is 15.1 Å². The van der Waals surface area contributed by atoms with Gasteiger partial charge in [-0.1, -0.05) is 17.7 Å². The SMILES string of the molecule is Cc1cc(C(C)Oc2cccc(Cl)c2)n2nc(N)nc2n1. The normalized spacial score (nSPS) is 12.5. The molecule has 0 aliphatic carbocycles. The maximum absolute atomic E-state index is 5.96. The third-order valence-electron chi connectivity index (χ3n) is 3.01. The average Bonchev–Trinajstić information content (AvgIpc) is 2.77. The zero-order valence-corrected chi connectivity index (χ0v) is 12.4. The van der Waals surface area contributed by atoms with Crippen LogP contribution in [-0.2, 0) is 0 Å². The zero-order chi connectivity index (χ0) is 15.0. The Morgan fingerprint density at radius 1 is 1.29 bits per heavy atom. The quantitative estimate of drug-likeness (QED) is 0.805. The molecule has 0 amide bonds. The van der Waals surface area contributed by atoms with Gasteiger partial charge in [0, 0.05) is 10.7 Å². The van der Waals surface area contributed by atoms with Gasteiger partial charge in [-0.05, 0) is 38.1 Å². The molecule has 0 fully saturated rings. The molecule has 0 radical (unpaired) electrons. The Bertz CT molecular complexity index is 801. The molecule has 2 heterocycles. The van der Waals surface area contributed by atoms with Crippen molar-refractivity contribution in [1.82, 2.24) is 19.6 Å². The summed E-state index contributed by atoms with van der Waals surface area (Å²) in [5.41, 5.74) is 7.29. The topological polar surface area (TPSA) is 78.3 Å². The van der Waals surface area contributed by atoms with Crippen LogP contribution in [0.1, 0.15) is 24.4 Å². The van der Waals surface area contributed by atoms with Gasteiger partial charge in [-0.2, -0.15) is 9.50 Å². The Labute approximate surface area is 126 Å². The van der Waals surface area contributed by atoms with Crippen molar-refractivity contribution in [2.75, 3.05) is 5.73 Å². The number of hydrogen-bond acceptors (Lipinski definition) is 5. The first kappa shape index (κ1) is 13.6. The summed E-state index contributed by atoms with van der Waals surface area (Å²) >= 11 is 5.96. The summed E-state index contributed by atoms with van der Waals surface area (Å²) in [5.74, 6) is 1.33. The number of benzene rings is 1. The van der Waals surface area contributed by atoms with Crippen molar-refractivity contribution in [3.05, 3.63) is 46.7 Å². The number of rotatable bonds is 3. The van der Waals surface area contributed by atoms with E-state index in [0.29, 0.717) is 16.5 Å². The first-order valence-corrected chi connectivity index (χ1v) is 6.83. The molecule has 3 rings (SSSR count). The highest BCUT2D eigenvalue weighted by Gasteiger charge is 2.15. The second kappa shape index (κ2) is 5.21. The van der Waals surface area contributed by atoms with E-state index in [1.807, 2.05) is 32.0 Å². The molecule has 1 atom stereocenters. The molecule has 0 spiro atoms. The second-order valence-electron chi connectivity index (χ2n) is 4.72. The minimum absolute atomic E-state index is 0.185. The molecule has 2 N–H and O–H groups in total. The summed E-state index contributed by atoms with van der Waals surface area (Å²) in [5, 5.41) is 4.77. The van der Waals surface area contributed by atoms with Gasteiger partial charge in [0.25, 0.3) is 5.78 Å². The van der Waals surface area contributed by atoms with Crippen molar-refractivity contribution >= 4 is 23.3 Å². The number of aryl methyl sites for hydroxylation is 1. The van der Waals surface area contributed by atoms with Crippen molar-refractivity contribution in [3.8, 4) is 5.75 Å². The summed E-state index contributed by atoms with van der Waals surface area (Å²) < 4.78 is 7.51. The first-order valence-electron chi connectivity index (χ1n) is 6.45. The molecule has 0 aliphatic heterocycles. The predicted octanol–water partition coefficient (Wildman–Crippen LogP) is 2.81. The zero-order valence-electron chi connectivity index (χ0n) is 11.6. The lowest BCUT2D eigenvalue weighted by molar-refractivity contribution is 0.218. The molecule has 7 heteroatoms. The molecule has 21 heavy (non-hydrogen) atoms. The van der Waals surface area contributed by atoms with Crippen LogP contribution >= 0.6 is 11.6 Å². The Morgan fingerprint density at radius 3 is 2.86 bits per heavy atom. The third-order valence-corrected chi connectivity index (χ3v) is 3.24. The number of nitrogens with zero attached hydrogens (tertiary/aromatic N) is 4. The predicted molar refractivity (Wildman–Crippen MR) is 80.4 cm³/mol. The van der Waals surface area contributed by atoms with Gasteiger partial charge in [0.2, 0.25) is 5.95 Å². The van der Waals surface area contributed by atoms with Gasteiger partial charge in [0.15, 0.2) is 0 Å². The average molecular weight is 304 g/mol. The number of anilines is 1. The Morgan fingerprint density at radius 2 is 2.10 bits per heavy atom. The molecule has 0 aliphatic rings. The number of halogens is 1. The summed E-state index contributed by atoms with van der Waals surface area (Å²) in [6.45, 7) is 3.81. The fraction of sp³-hybridized carbons (Fsp3) is 0.214. The van der Waals surface area contributed by atoms with Crippen LogP contribution in [0.25, 0.3) is 5.78 Å². The van der Waals surface area contributed by atoms with Gasteiger partial charge in [-0.15, -0.1) is 5.10 Å². The van der Waals surface area contributed by atoms with E-state index in [-0.39, 0.29) is 12.1 Å². The number of aromatic nitrogens is 4. The molecule has 6 nitrogen and oxygen atoms in total. The number of nitrogens with two attached hydrogens (primary N) is 1. The molecule has 0 saturated heterocycles. The van der Waals surface area contributed by atoms with Gasteiger partial charge in [-0.3, -0.25) is 0 Å². The largest absolute Gasteiger partial charge is 0.484 e. The maximum Gasteiger partial charge on any atom is 0.254 e. The van der Waals surface area contributed by atoms with Crippen LogP contribution in [0.2, 0.25) is 5.02 Å². The molecule has 0 bridgehead atoms. The van der Waals surface area contributed by atoms with Crippen molar-refractivity contribution in [3.63, 3.8) is 0 Å². The number of ether oxygens (including phenoxy) is 1. The molecule has 2 aromatic heterocycles. The summed E-state index contributed by atoms with van der Waals surface area (Å²) in [6.07, 6.45) is -0.256. The van der Waals surface area contributed by atoms with Crippen LogP contribution in [0.15, 0.2) is 30.3 Å². The van der Waals surface area contributed by atoms with Crippen LogP contribution in [0.4, 0.5) is 5.95 Å². The number of hydrogen-bond donors (Lipinski definition) is 1. The highest BCUT2D eigenvalue weighted by molar-refractivity contribution is 6.30. The standard InChI is InChI=1S/C14H14ClN5O/c1-8-6-12(20-14(17-8)18-13(16)19-20)9(2)21-11-5-3-4-10(15)7-11/h3-7,9H,1-2H3,(H2,16,19). The Hall–Kier alpha value is -2.34. The highest BCUT2D eigenvalue weighted by Crippen LogP contribution is 2.24. The minimum Gasteiger partial charge on any atom is -0.484 e. The van der Waals surface area contributed by atoms with E-state index in [4.69, 9.17) is 22.1 Å². The van der Waals surface area contributed by atoms with Crippen LogP contribution in [0.3, 0.4) is 0 Å². The summed E-state index contributed by atoms with van der Waals surface area (Å²) in [4.78, 5) is 8.37. The Kier molecular flexibility index (Phi) is 3.39. The Balaban J connectivity index is 1.99. The molecule has 108 valence electrons. The number of fused-ring (bicyclic) bond motifs is 1. The fourth-order valence-corrected chi connectivity index (χ4v) is 2.30. The van der Waals surface area contributed by atoms with E-state index in [9.17, 15) is 0 Å². The fourth-order valence-electron chi connectivity index (χ4n) is 2.12. The van der Waals surface area contributed by atoms with Gasteiger partial charge < -0.3 is 10.5 Å². The van der Waals surface area contributed by atoms with Gasteiger partial charge in [-0.25, -0.2) is 4.98 Å². The van der Waals surface area contributed by atoms with Crippen LogP contribution in [0, 0.1) is 6.92 Å².